The highest BCUT2D eigenvalue weighted by Gasteiger charge is 2.07. The van der Waals surface area contributed by atoms with Crippen LogP contribution in [0.3, 0.4) is 0 Å². The second kappa shape index (κ2) is 5.79. The van der Waals surface area contributed by atoms with Crippen molar-refractivity contribution in [3.8, 4) is 0 Å². The average Bonchev–Trinajstić information content (AvgIpc) is 2.36. The van der Waals surface area contributed by atoms with E-state index in [1.165, 1.54) is 0 Å². The lowest BCUT2D eigenvalue weighted by Crippen LogP contribution is -2.20. The smallest absolute Gasteiger partial charge is 0.308 e. The molecule has 0 atom stereocenters. The minimum atomic E-state index is -0.828. The van der Waals surface area contributed by atoms with Crippen LogP contribution in [0.1, 0.15) is 0 Å². The minimum absolute atomic E-state index is 0.0870. The van der Waals surface area contributed by atoms with Gasteiger partial charge in [-0.15, -0.1) is 0 Å². The number of nitrogens with one attached hydrogen (secondary N) is 2. The van der Waals surface area contributed by atoms with Crippen molar-refractivity contribution in [1.82, 2.24) is 0 Å². The maximum absolute atomic E-state index is 13.3. The zero-order valence-corrected chi connectivity index (χ0v) is 11.2. The van der Waals surface area contributed by atoms with Crippen molar-refractivity contribution in [3.63, 3.8) is 0 Å². The molecular weight excluding hydrogens is 318 g/mol. The summed E-state index contributed by atoms with van der Waals surface area (Å²) in [4.78, 5) is 11.6. The first-order chi connectivity index (χ1) is 9.04. The van der Waals surface area contributed by atoms with Gasteiger partial charge in [0.1, 0.15) is 11.6 Å². The van der Waals surface area contributed by atoms with Gasteiger partial charge in [-0.3, -0.25) is 0 Å². The molecule has 0 saturated heterocycles. The highest BCUT2D eigenvalue weighted by atomic mass is 79.9. The van der Waals surface area contributed by atoms with Crippen LogP contribution in [0.2, 0.25) is 0 Å². The Bertz CT molecular complexity index is 602. The van der Waals surface area contributed by atoms with E-state index in [4.69, 9.17) is 0 Å². The van der Waals surface area contributed by atoms with Crippen LogP contribution in [-0.4, -0.2) is 6.03 Å². The van der Waals surface area contributed by atoms with Gasteiger partial charge in [0.25, 0.3) is 0 Å². The van der Waals surface area contributed by atoms with Crippen LogP contribution in [0.25, 0.3) is 0 Å². The van der Waals surface area contributed by atoms with Gasteiger partial charge in [-0.1, -0.05) is 15.9 Å². The summed E-state index contributed by atoms with van der Waals surface area (Å²) >= 11 is 3.27. The first-order valence-corrected chi connectivity index (χ1v) is 6.12. The molecule has 0 fully saturated rings. The fourth-order valence-electron chi connectivity index (χ4n) is 1.41. The van der Waals surface area contributed by atoms with E-state index in [0.29, 0.717) is 11.8 Å². The van der Waals surface area contributed by atoms with Crippen molar-refractivity contribution in [1.29, 1.82) is 0 Å². The summed E-state index contributed by atoms with van der Waals surface area (Å²) in [6.07, 6.45) is 0. The fourth-order valence-corrected chi connectivity index (χ4v) is 1.67. The standard InChI is InChI=1S/C13H9BrF2N2O/c14-8-1-4-10(5-2-8)17-13(19)18-12-6-3-9(15)7-11(12)16/h1-7H,(H2,17,18,19). The average molecular weight is 327 g/mol. The predicted molar refractivity (Wildman–Crippen MR) is 73.1 cm³/mol. The van der Waals surface area contributed by atoms with E-state index in [-0.39, 0.29) is 5.69 Å². The minimum Gasteiger partial charge on any atom is -0.308 e. The number of rotatable bonds is 2. The van der Waals surface area contributed by atoms with Gasteiger partial charge in [0.15, 0.2) is 0 Å². The zero-order chi connectivity index (χ0) is 13.8. The van der Waals surface area contributed by atoms with E-state index in [1.54, 1.807) is 24.3 Å². The Labute approximate surface area is 116 Å². The highest BCUT2D eigenvalue weighted by Crippen LogP contribution is 2.17. The first kappa shape index (κ1) is 13.5. The van der Waals surface area contributed by atoms with Gasteiger partial charge >= 0.3 is 6.03 Å². The van der Waals surface area contributed by atoms with Crippen molar-refractivity contribution in [2.75, 3.05) is 10.6 Å². The molecular formula is C13H9BrF2N2O. The number of benzene rings is 2. The number of carbonyl (C=O) groups is 1. The molecule has 2 aromatic carbocycles. The molecule has 2 aromatic rings. The summed E-state index contributed by atoms with van der Waals surface area (Å²) in [6.45, 7) is 0. The Hall–Kier alpha value is -1.95. The predicted octanol–water partition coefficient (Wildman–Crippen LogP) is 4.37. The molecule has 98 valence electrons. The molecule has 0 saturated carbocycles. The van der Waals surface area contributed by atoms with E-state index in [9.17, 15) is 13.6 Å². The maximum atomic E-state index is 13.3. The van der Waals surface area contributed by atoms with Crippen molar-refractivity contribution in [2.24, 2.45) is 0 Å². The first-order valence-electron chi connectivity index (χ1n) is 5.33. The van der Waals surface area contributed by atoms with Crippen LogP contribution in [0.15, 0.2) is 46.9 Å². The normalized spacial score (nSPS) is 10.1. The molecule has 2 N–H and O–H groups in total. The number of hydrogen-bond donors (Lipinski definition) is 2. The second-order valence-electron chi connectivity index (χ2n) is 3.71. The van der Waals surface area contributed by atoms with Gasteiger partial charge in [-0.2, -0.15) is 0 Å². The van der Waals surface area contributed by atoms with E-state index in [2.05, 4.69) is 26.6 Å². The van der Waals surface area contributed by atoms with Crippen LogP contribution in [0.5, 0.6) is 0 Å². The summed E-state index contributed by atoms with van der Waals surface area (Å²) in [5.41, 5.74) is 0.472. The number of halogens is 3. The molecule has 0 aliphatic carbocycles. The fraction of sp³-hybridized carbons (Fsp3) is 0. The zero-order valence-electron chi connectivity index (χ0n) is 9.58. The Morgan fingerprint density at radius 2 is 1.68 bits per heavy atom. The van der Waals surface area contributed by atoms with E-state index in [0.717, 1.165) is 16.6 Å². The second-order valence-corrected chi connectivity index (χ2v) is 4.63. The summed E-state index contributed by atoms with van der Waals surface area (Å²) in [6, 6.07) is 9.21. The molecule has 0 radical (unpaired) electrons. The maximum Gasteiger partial charge on any atom is 0.323 e. The van der Waals surface area contributed by atoms with Crippen LogP contribution in [-0.2, 0) is 0 Å². The van der Waals surface area contributed by atoms with Gasteiger partial charge in [-0.25, -0.2) is 13.6 Å². The highest BCUT2D eigenvalue weighted by molar-refractivity contribution is 9.10. The Morgan fingerprint density at radius 1 is 1.00 bits per heavy atom. The lowest BCUT2D eigenvalue weighted by atomic mass is 10.3. The SMILES string of the molecule is O=C(Nc1ccc(Br)cc1)Nc1ccc(F)cc1F. The summed E-state index contributed by atoms with van der Waals surface area (Å²) in [5, 5.41) is 4.83. The van der Waals surface area contributed by atoms with Crippen molar-refractivity contribution >= 4 is 33.3 Å². The molecule has 0 bridgehead atoms. The molecule has 19 heavy (non-hydrogen) atoms. The van der Waals surface area contributed by atoms with Crippen molar-refractivity contribution in [2.45, 2.75) is 0 Å². The van der Waals surface area contributed by atoms with Gasteiger partial charge < -0.3 is 10.6 Å². The molecule has 6 heteroatoms. The van der Waals surface area contributed by atoms with Crippen molar-refractivity contribution in [3.05, 3.63) is 58.6 Å². The Balaban J connectivity index is 2.03. The van der Waals surface area contributed by atoms with E-state index < -0.39 is 17.7 Å². The number of anilines is 2. The molecule has 0 aliphatic rings. The van der Waals surface area contributed by atoms with Gasteiger partial charge in [0.2, 0.25) is 0 Å². The topological polar surface area (TPSA) is 41.1 Å². The quantitative estimate of drug-likeness (QED) is 0.845. The molecule has 0 aliphatic heterocycles. The van der Waals surface area contributed by atoms with Crippen molar-refractivity contribution < 1.29 is 13.6 Å². The molecule has 0 spiro atoms. The van der Waals surface area contributed by atoms with E-state index in [1.807, 2.05) is 0 Å². The van der Waals surface area contributed by atoms with Crippen LogP contribution in [0, 0.1) is 11.6 Å². The molecule has 0 aromatic heterocycles. The summed E-state index contributed by atoms with van der Waals surface area (Å²) < 4.78 is 26.9. The van der Waals surface area contributed by atoms with E-state index >= 15 is 0 Å². The Kier molecular flexibility index (Phi) is 4.11. The number of carbonyl (C=O) groups excluding carboxylic acids is 1. The van der Waals surface area contributed by atoms with Gasteiger partial charge in [0, 0.05) is 16.2 Å². The monoisotopic (exact) mass is 326 g/mol. The molecule has 2 amide bonds. The Morgan fingerprint density at radius 3 is 2.32 bits per heavy atom. The van der Waals surface area contributed by atoms with Crippen LogP contribution in [0.4, 0.5) is 25.0 Å². The number of hydrogen-bond acceptors (Lipinski definition) is 1. The lowest BCUT2D eigenvalue weighted by molar-refractivity contribution is 0.262. The summed E-state index contributed by atoms with van der Waals surface area (Å²) in [5.74, 6) is -1.53. The van der Waals surface area contributed by atoms with Gasteiger partial charge in [0.05, 0.1) is 5.69 Å². The van der Waals surface area contributed by atoms with Gasteiger partial charge in [-0.05, 0) is 36.4 Å². The largest absolute Gasteiger partial charge is 0.323 e. The van der Waals surface area contributed by atoms with Crippen LogP contribution < -0.4 is 10.6 Å². The summed E-state index contributed by atoms with van der Waals surface area (Å²) in [7, 11) is 0. The number of urea groups is 1. The molecule has 2 rings (SSSR count). The molecule has 0 heterocycles. The number of amides is 2. The molecule has 0 unspecified atom stereocenters. The van der Waals surface area contributed by atoms with Crippen LogP contribution >= 0.6 is 15.9 Å². The third kappa shape index (κ3) is 3.75. The molecule has 3 nitrogen and oxygen atoms in total. The third-order valence-electron chi connectivity index (χ3n) is 2.28. The third-order valence-corrected chi connectivity index (χ3v) is 2.81. The lowest BCUT2D eigenvalue weighted by Gasteiger charge is -2.08.